The molecule has 0 aromatic heterocycles. The van der Waals surface area contributed by atoms with E-state index in [4.69, 9.17) is 16.3 Å². The van der Waals surface area contributed by atoms with Gasteiger partial charge in [-0.05, 0) is 41.5 Å². The first-order chi connectivity index (χ1) is 14.4. The van der Waals surface area contributed by atoms with Crippen molar-refractivity contribution in [1.29, 1.82) is 0 Å². The average molecular weight is 428 g/mol. The highest BCUT2D eigenvalue weighted by atomic mass is 35.5. The second-order valence-corrected chi connectivity index (χ2v) is 7.04. The number of rotatable bonds is 8. The number of halogens is 2. The van der Waals surface area contributed by atoms with Crippen molar-refractivity contribution in [3.05, 3.63) is 100 Å². The van der Waals surface area contributed by atoms with Gasteiger partial charge in [-0.25, -0.2) is 9.18 Å². The third-order valence-corrected chi connectivity index (χ3v) is 4.59. The summed E-state index contributed by atoms with van der Waals surface area (Å²) in [6.45, 7) is 0.108. The number of hydrogen-bond acceptors (Lipinski definition) is 3. The van der Waals surface area contributed by atoms with Gasteiger partial charge in [0.2, 0.25) is 0 Å². The molecule has 0 atom stereocenters. The van der Waals surface area contributed by atoms with Crippen LogP contribution < -0.4 is 4.74 Å². The van der Waals surface area contributed by atoms with Crippen molar-refractivity contribution in [2.75, 3.05) is 6.61 Å². The van der Waals surface area contributed by atoms with Crippen LogP contribution in [0.2, 0.25) is 5.02 Å². The summed E-state index contributed by atoms with van der Waals surface area (Å²) in [7, 11) is 0. The summed E-state index contributed by atoms with van der Waals surface area (Å²) in [6, 6.07) is 19.6. The Labute approximate surface area is 178 Å². The topological polar surface area (TPSA) is 66.8 Å². The molecule has 0 radical (unpaired) electrons. The number of nitrogens with zero attached hydrogens (tertiary/aromatic N) is 1. The van der Waals surface area contributed by atoms with Gasteiger partial charge >= 0.3 is 5.97 Å². The first kappa shape index (κ1) is 21.3. The van der Waals surface area contributed by atoms with Crippen LogP contribution in [0.1, 0.15) is 21.5 Å². The van der Waals surface area contributed by atoms with Crippen molar-refractivity contribution < 1.29 is 23.8 Å². The fourth-order valence-corrected chi connectivity index (χ4v) is 3.09. The second kappa shape index (κ2) is 9.89. The maximum Gasteiger partial charge on any atom is 0.339 e. The minimum absolute atomic E-state index is 0.0469. The van der Waals surface area contributed by atoms with Gasteiger partial charge in [-0.15, -0.1) is 0 Å². The van der Waals surface area contributed by atoms with Crippen LogP contribution in [0, 0.1) is 5.82 Å². The monoisotopic (exact) mass is 427 g/mol. The van der Waals surface area contributed by atoms with Crippen LogP contribution in [0.15, 0.2) is 72.8 Å². The van der Waals surface area contributed by atoms with E-state index in [9.17, 15) is 19.1 Å². The van der Waals surface area contributed by atoms with Gasteiger partial charge in [-0.3, -0.25) is 4.79 Å². The van der Waals surface area contributed by atoms with Gasteiger partial charge in [0.05, 0.1) is 0 Å². The number of carboxylic acid groups (broad SMARTS) is 1. The van der Waals surface area contributed by atoms with Crippen LogP contribution in [0.5, 0.6) is 5.75 Å². The van der Waals surface area contributed by atoms with Crippen LogP contribution in [0.4, 0.5) is 4.39 Å². The fraction of sp³-hybridized carbons (Fsp3) is 0.130. The molecule has 0 fully saturated rings. The Hall–Kier alpha value is -3.38. The highest BCUT2D eigenvalue weighted by molar-refractivity contribution is 6.31. The van der Waals surface area contributed by atoms with Gasteiger partial charge in [-0.1, -0.05) is 54.1 Å². The number of carboxylic acids is 1. The Morgan fingerprint density at radius 3 is 2.33 bits per heavy atom. The van der Waals surface area contributed by atoms with Crippen molar-refractivity contribution in [3.63, 3.8) is 0 Å². The molecule has 3 aromatic carbocycles. The van der Waals surface area contributed by atoms with E-state index in [1.54, 1.807) is 12.1 Å². The zero-order valence-corrected chi connectivity index (χ0v) is 16.7. The molecule has 0 saturated carbocycles. The lowest BCUT2D eigenvalue weighted by Crippen LogP contribution is -2.34. The molecule has 3 aromatic rings. The van der Waals surface area contributed by atoms with Crippen molar-refractivity contribution >= 4 is 23.5 Å². The van der Waals surface area contributed by atoms with E-state index in [-0.39, 0.29) is 41.2 Å². The summed E-state index contributed by atoms with van der Waals surface area (Å²) in [5.41, 5.74) is 1.41. The third-order valence-electron chi connectivity index (χ3n) is 4.35. The summed E-state index contributed by atoms with van der Waals surface area (Å²) in [5, 5.41) is 9.56. The van der Waals surface area contributed by atoms with E-state index < -0.39 is 5.97 Å². The van der Waals surface area contributed by atoms with Gasteiger partial charge in [0.1, 0.15) is 17.1 Å². The molecule has 154 valence electrons. The number of ether oxygens (including phenoxy) is 1. The molecule has 0 bridgehead atoms. The lowest BCUT2D eigenvalue weighted by atomic mass is 10.1. The quantitative estimate of drug-likeness (QED) is 0.561. The van der Waals surface area contributed by atoms with Crippen molar-refractivity contribution in [1.82, 2.24) is 4.90 Å². The third kappa shape index (κ3) is 5.81. The van der Waals surface area contributed by atoms with E-state index in [0.717, 1.165) is 5.56 Å². The molecule has 0 aliphatic rings. The number of benzene rings is 3. The first-order valence-corrected chi connectivity index (χ1v) is 9.52. The zero-order chi connectivity index (χ0) is 21.5. The van der Waals surface area contributed by atoms with Gasteiger partial charge < -0.3 is 14.7 Å². The molecule has 0 unspecified atom stereocenters. The highest BCUT2D eigenvalue weighted by Crippen LogP contribution is 2.23. The number of carbonyl (C=O) groups excluding carboxylic acids is 1. The van der Waals surface area contributed by atoms with E-state index in [0.29, 0.717) is 12.1 Å². The summed E-state index contributed by atoms with van der Waals surface area (Å²) in [5.74, 6) is -1.91. The molecule has 0 saturated heterocycles. The van der Waals surface area contributed by atoms with Crippen LogP contribution in [0.3, 0.4) is 0 Å². The van der Waals surface area contributed by atoms with Gasteiger partial charge in [0.15, 0.2) is 6.61 Å². The predicted octanol–water partition coefficient (Wildman–Crippen LogP) is 4.79. The largest absolute Gasteiger partial charge is 0.483 e. The molecular weight excluding hydrogens is 409 g/mol. The number of aromatic carboxylic acids is 1. The SMILES string of the molecule is O=C(O)c1cc(Cl)ccc1OCC(=O)N(Cc1ccccc1)Cc1cccc(F)c1. The van der Waals surface area contributed by atoms with Gasteiger partial charge in [-0.2, -0.15) is 0 Å². The Balaban J connectivity index is 1.77. The van der Waals surface area contributed by atoms with E-state index in [1.807, 2.05) is 30.3 Å². The molecule has 0 aliphatic carbocycles. The standard InChI is InChI=1S/C23H19ClFNO4/c24-18-9-10-21(20(12-18)23(28)29)30-15-22(27)26(13-16-5-2-1-3-6-16)14-17-7-4-8-19(25)11-17/h1-12H,13-15H2,(H,28,29). The summed E-state index contributed by atoms with van der Waals surface area (Å²) >= 11 is 5.84. The molecule has 1 N–H and O–H groups in total. The summed E-state index contributed by atoms with van der Waals surface area (Å²) in [4.78, 5) is 25.8. The lowest BCUT2D eigenvalue weighted by Gasteiger charge is -2.23. The molecule has 0 aliphatic heterocycles. The van der Waals surface area contributed by atoms with Gasteiger partial charge in [0, 0.05) is 18.1 Å². The molecule has 1 amide bonds. The van der Waals surface area contributed by atoms with E-state index in [1.165, 1.54) is 35.2 Å². The van der Waals surface area contributed by atoms with E-state index in [2.05, 4.69) is 0 Å². The van der Waals surface area contributed by atoms with Crippen molar-refractivity contribution in [2.24, 2.45) is 0 Å². The van der Waals surface area contributed by atoms with E-state index >= 15 is 0 Å². The summed E-state index contributed by atoms with van der Waals surface area (Å²) in [6.07, 6.45) is 0. The molecule has 3 rings (SSSR count). The Morgan fingerprint density at radius 1 is 0.933 bits per heavy atom. The van der Waals surface area contributed by atoms with Crippen molar-refractivity contribution in [2.45, 2.75) is 13.1 Å². The minimum Gasteiger partial charge on any atom is -0.483 e. The van der Waals surface area contributed by atoms with Crippen molar-refractivity contribution in [3.8, 4) is 5.75 Å². The van der Waals surface area contributed by atoms with Crippen LogP contribution in [-0.2, 0) is 17.9 Å². The number of carbonyl (C=O) groups is 2. The van der Waals surface area contributed by atoms with Crippen LogP contribution in [-0.4, -0.2) is 28.5 Å². The molecule has 5 nitrogen and oxygen atoms in total. The normalized spacial score (nSPS) is 10.5. The van der Waals surface area contributed by atoms with Gasteiger partial charge in [0.25, 0.3) is 5.91 Å². The molecular formula is C23H19ClFNO4. The minimum atomic E-state index is -1.21. The van der Waals surface area contributed by atoms with Crippen LogP contribution in [0.25, 0.3) is 0 Å². The molecule has 7 heteroatoms. The average Bonchev–Trinajstić information content (AvgIpc) is 2.73. The highest BCUT2D eigenvalue weighted by Gasteiger charge is 2.18. The fourth-order valence-electron chi connectivity index (χ4n) is 2.92. The Morgan fingerprint density at radius 2 is 1.63 bits per heavy atom. The lowest BCUT2D eigenvalue weighted by molar-refractivity contribution is -0.134. The smallest absolute Gasteiger partial charge is 0.339 e. The summed E-state index contributed by atoms with van der Waals surface area (Å²) < 4.78 is 19.1. The zero-order valence-electron chi connectivity index (χ0n) is 15.9. The van der Waals surface area contributed by atoms with Crippen LogP contribution >= 0.6 is 11.6 Å². The second-order valence-electron chi connectivity index (χ2n) is 6.60. The molecule has 0 heterocycles. The number of amides is 1. The molecule has 0 spiro atoms. The number of hydrogen-bond donors (Lipinski definition) is 1. The predicted molar refractivity (Wildman–Crippen MR) is 111 cm³/mol. The molecule has 30 heavy (non-hydrogen) atoms. The Bertz CT molecular complexity index is 1040. The first-order valence-electron chi connectivity index (χ1n) is 9.14. The maximum atomic E-state index is 13.6. The Kier molecular flexibility index (Phi) is 7.03. The maximum absolute atomic E-state index is 13.6.